The number of carbonyl (C=O) groups is 1. The maximum Gasteiger partial charge on any atom is 0.274 e. The van der Waals surface area contributed by atoms with Crippen molar-refractivity contribution in [1.29, 1.82) is 0 Å². The number of rotatable bonds is 2. The third-order valence-corrected chi connectivity index (χ3v) is 4.10. The molecule has 1 fully saturated rings. The summed E-state index contributed by atoms with van der Waals surface area (Å²) in [5.41, 5.74) is 2.38. The Hall–Kier alpha value is -2.76. The molecule has 3 aromatic heterocycles. The summed E-state index contributed by atoms with van der Waals surface area (Å²) in [6, 6.07) is 6.06. The smallest absolute Gasteiger partial charge is 0.274 e. The number of carbonyl (C=O) groups excluding carboxylic acids is 1. The van der Waals surface area contributed by atoms with Gasteiger partial charge in [0.2, 0.25) is 0 Å². The average molecular weight is 293 g/mol. The number of nitrogens with zero attached hydrogens (tertiary/aromatic N) is 5. The lowest BCUT2D eigenvalue weighted by atomic mass is 10.1. The lowest BCUT2D eigenvalue weighted by molar-refractivity contribution is 0.0725. The first kappa shape index (κ1) is 12.9. The summed E-state index contributed by atoms with van der Waals surface area (Å²) in [5.74, 6) is -0.0623. The first-order valence-corrected chi connectivity index (χ1v) is 7.33. The Morgan fingerprint density at radius 3 is 3.00 bits per heavy atom. The van der Waals surface area contributed by atoms with Crippen LogP contribution in [0.4, 0.5) is 0 Å². The van der Waals surface area contributed by atoms with Crippen LogP contribution < -0.4 is 0 Å². The van der Waals surface area contributed by atoms with E-state index in [-0.39, 0.29) is 11.9 Å². The minimum Gasteiger partial charge on any atom is -0.329 e. The number of hydrogen-bond acceptors (Lipinski definition) is 4. The van der Waals surface area contributed by atoms with Gasteiger partial charge in [0.05, 0.1) is 12.2 Å². The first-order chi connectivity index (χ1) is 10.8. The van der Waals surface area contributed by atoms with Gasteiger partial charge in [-0.1, -0.05) is 6.07 Å². The zero-order valence-corrected chi connectivity index (χ0v) is 12.0. The maximum absolute atomic E-state index is 12.7. The van der Waals surface area contributed by atoms with Gasteiger partial charge in [0.15, 0.2) is 0 Å². The minimum atomic E-state index is -0.0623. The van der Waals surface area contributed by atoms with Gasteiger partial charge in [-0.15, -0.1) is 0 Å². The van der Waals surface area contributed by atoms with Crippen LogP contribution in [0.3, 0.4) is 0 Å². The van der Waals surface area contributed by atoms with Crippen molar-refractivity contribution < 1.29 is 4.79 Å². The topological polar surface area (TPSA) is 63.4 Å². The lowest BCUT2D eigenvalue weighted by Gasteiger charge is -2.25. The summed E-state index contributed by atoms with van der Waals surface area (Å²) < 4.78 is 2.05. The van der Waals surface area contributed by atoms with E-state index in [2.05, 4.69) is 21.0 Å². The molecule has 6 heteroatoms. The SMILES string of the molecule is O=C(c1cnccn1)N1CCC[C@@H]1c1cccc2nccn12. The molecule has 3 aromatic rings. The monoisotopic (exact) mass is 293 g/mol. The van der Waals surface area contributed by atoms with Crippen molar-refractivity contribution >= 4 is 11.6 Å². The predicted molar refractivity (Wildman–Crippen MR) is 80.2 cm³/mol. The normalized spacial score (nSPS) is 18.0. The molecule has 4 heterocycles. The van der Waals surface area contributed by atoms with Gasteiger partial charge in [-0.25, -0.2) is 9.97 Å². The molecule has 0 aliphatic carbocycles. The van der Waals surface area contributed by atoms with Crippen LogP contribution in [-0.2, 0) is 0 Å². The molecular formula is C16H15N5O. The largest absolute Gasteiger partial charge is 0.329 e. The van der Waals surface area contributed by atoms with E-state index in [0.29, 0.717) is 5.69 Å². The maximum atomic E-state index is 12.7. The fourth-order valence-corrected chi connectivity index (χ4v) is 3.12. The number of fused-ring (bicyclic) bond motifs is 1. The van der Waals surface area contributed by atoms with E-state index in [4.69, 9.17) is 0 Å². The number of pyridine rings is 1. The zero-order chi connectivity index (χ0) is 14.9. The molecular weight excluding hydrogens is 278 g/mol. The van der Waals surface area contributed by atoms with Crippen molar-refractivity contribution in [2.24, 2.45) is 0 Å². The van der Waals surface area contributed by atoms with E-state index >= 15 is 0 Å². The Kier molecular flexibility index (Phi) is 3.07. The zero-order valence-electron chi connectivity index (χ0n) is 12.0. The second-order valence-corrected chi connectivity index (χ2v) is 5.35. The second-order valence-electron chi connectivity index (χ2n) is 5.35. The van der Waals surface area contributed by atoms with Gasteiger partial charge in [-0.05, 0) is 25.0 Å². The van der Waals surface area contributed by atoms with Crippen molar-refractivity contribution in [3.05, 3.63) is 60.6 Å². The molecule has 1 aliphatic rings. The molecule has 1 aliphatic heterocycles. The molecule has 6 nitrogen and oxygen atoms in total. The van der Waals surface area contributed by atoms with Crippen molar-refractivity contribution in [3.63, 3.8) is 0 Å². The minimum absolute atomic E-state index is 0.0485. The second kappa shape index (κ2) is 5.22. The van der Waals surface area contributed by atoms with Gasteiger partial charge in [0.25, 0.3) is 5.91 Å². The molecule has 0 bridgehead atoms. The fourth-order valence-electron chi connectivity index (χ4n) is 3.12. The Bertz CT molecular complexity index is 814. The fraction of sp³-hybridized carbons (Fsp3) is 0.250. The quantitative estimate of drug-likeness (QED) is 0.726. The highest BCUT2D eigenvalue weighted by atomic mass is 16.2. The molecule has 0 spiro atoms. The standard InChI is InChI=1S/C16H15N5O/c22-16(12-11-17-6-7-18-12)21-9-2-4-14(21)13-3-1-5-15-19-8-10-20(13)15/h1,3,5-8,10-11,14H,2,4,9H2/t14-/m1/s1. The highest BCUT2D eigenvalue weighted by Crippen LogP contribution is 2.33. The Labute approximate surface area is 127 Å². The molecule has 4 rings (SSSR count). The van der Waals surface area contributed by atoms with Crippen LogP contribution in [0.25, 0.3) is 5.65 Å². The van der Waals surface area contributed by atoms with Crippen LogP contribution in [-0.4, -0.2) is 36.7 Å². The van der Waals surface area contributed by atoms with Gasteiger partial charge in [0.1, 0.15) is 11.3 Å². The number of amides is 1. The third-order valence-electron chi connectivity index (χ3n) is 4.10. The molecule has 0 N–H and O–H groups in total. The lowest BCUT2D eigenvalue weighted by Crippen LogP contribution is -2.32. The Balaban J connectivity index is 1.72. The number of aromatic nitrogens is 4. The van der Waals surface area contributed by atoms with Crippen molar-refractivity contribution in [2.45, 2.75) is 18.9 Å². The van der Waals surface area contributed by atoms with Gasteiger partial charge < -0.3 is 9.30 Å². The van der Waals surface area contributed by atoms with Gasteiger partial charge in [-0.3, -0.25) is 9.78 Å². The van der Waals surface area contributed by atoms with Crippen LogP contribution in [0, 0.1) is 0 Å². The molecule has 0 saturated carbocycles. The third kappa shape index (κ3) is 2.04. The highest BCUT2D eigenvalue weighted by Gasteiger charge is 2.32. The van der Waals surface area contributed by atoms with Crippen LogP contribution >= 0.6 is 0 Å². The van der Waals surface area contributed by atoms with Gasteiger partial charge in [-0.2, -0.15) is 0 Å². The van der Waals surface area contributed by atoms with Crippen LogP contribution in [0.5, 0.6) is 0 Å². The Morgan fingerprint density at radius 1 is 1.18 bits per heavy atom. The summed E-state index contributed by atoms with van der Waals surface area (Å²) in [5, 5.41) is 0. The summed E-state index contributed by atoms with van der Waals surface area (Å²) in [7, 11) is 0. The van der Waals surface area contributed by atoms with Crippen molar-refractivity contribution in [2.75, 3.05) is 6.54 Å². The van der Waals surface area contributed by atoms with E-state index in [1.165, 1.54) is 6.20 Å². The molecule has 0 aromatic carbocycles. The number of imidazole rings is 1. The highest BCUT2D eigenvalue weighted by molar-refractivity contribution is 5.92. The molecule has 0 radical (unpaired) electrons. The summed E-state index contributed by atoms with van der Waals surface area (Å²) in [6.07, 6.45) is 10.3. The van der Waals surface area contributed by atoms with Gasteiger partial charge in [0, 0.05) is 37.0 Å². The molecule has 110 valence electrons. The predicted octanol–water partition coefficient (Wildman–Crippen LogP) is 2.10. The molecule has 1 amide bonds. The van der Waals surface area contributed by atoms with E-state index in [9.17, 15) is 4.79 Å². The van der Waals surface area contributed by atoms with Crippen LogP contribution in [0.15, 0.2) is 49.2 Å². The summed E-state index contributed by atoms with van der Waals surface area (Å²) in [6.45, 7) is 0.741. The number of hydrogen-bond donors (Lipinski definition) is 0. The molecule has 0 unspecified atom stereocenters. The summed E-state index contributed by atoms with van der Waals surface area (Å²) >= 11 is 0. The van der Waals surface area contributed by atoms with E-state index in [1.54, 1.807) is 18.6 Å². The van der Waals surface area contributed by atoms with E-state index in [0.717, 1.165) is 30.7 Å². The average Bonchev–Trinajstić information content (AvgIpc) is 3.23. The first-order valence-electron chi connectivity index (χ1n) is 7.33. The van der Waals surface area contributed by atoms with Crippen LogP contribution in [0.1, 0.15) is 35.1 Å². The van der Waals surface area contributed by atoms with E-state index in [1.807, 2.05) is 27.6 Å². The molecule has 1 atom stereocenters. The number of likely N-dealkylation sites (tertiary alicyclic amines) is 1. The van der Waals surface area contributed by atoms with Crippen molar-refractivity contribution in [3.8, 4) is 0 Å². The van der Waals surface area contributed by atoms with Crippen LogP contribution in [0.2, 0.25) is 0 Å². The van der Waals surface area contributed by atoms with Gasteiger partial charge >= 0.3 is 0 Å². The Morgan fingerprint density at radius 2 is 2.14 bits per heavy atom. The van der Waals surface area contributed by atoms with E-state index < -0.39 is 0 Å². The summed E-state index contributed by atoms with van der Waals surface area (Å²) in [4.78, 5) is 27.0. The molecule has 22 heavy (non-hydrogen) atoms. The van der Waals surface area contributed by atoms with Crippen molar-refractivity contribution in [1.82, 2.24) is 24.3 Å². The molecule has 1 saturated heterocycles.